The SMILES string of the molecule is O=C(O)C1C=NN(c2nc3ccc(Br)cc3c(=O)[nH]2)C1. The molecule has 0 fully saturated rings. The van der Waals surface area contributed by atoms with Crippen LogP contribution in [0.1, 0.15) is 0 Å². The molecule has 3 rings (SSSR count). The van der Waals surface area contributed by atoms with Gasteiger partial charge in [-0.15, -0.1) is 0 Å². The first-order valence-electron chi connectivity index (χ1n) is 5.78. The van der Waals surface area contributed by atoms with Crippen molar-refractivity contribution in [1.29, 1.82) is 0 Å². The third kappa shape index (κ3) is 2.18. The van der Waals surface area contributed by atoms with E-state index in [4.69, 9.17) is 5.11 Å². The van der Waals surface area contributed by atoms with Crippen LogP contribution in [0.15, 0.2) is 32.6 Å². The molecule has 0 bridgehead atoms. The molecule has 20 heavy (non-hydrogen) atoms. The van der Waals surface area contributed by atoms with E-state index in [1.807, 2.05) is 0 Å². The summed E-state index contributed by atoms with van der Waals surface area (Å²) in [5.74, 6) is -1.41. The van der Waals surface area contributed by atoms with Crippen molar-refractivity contribution in [2.45, 2.75) is 0 Å². The van der Waals surface area contributed by atoms with Gasteiger partial charge in [-0.3, -0.25) is 14.6 Å². The largest absolute Gasteiger partial charge is 0.481 e. The van der Waals surface area contributed by atoms with Crippen molar-refractivity contribution in [3.63, 3.8) is 0 Å². The standard InChI is InChI=1S/C12H9BrN4O3/c13-7-1-2-9-8(3-7)10(18)16-12(15-9)17-5-6(4-14-17)11(19)20/h1-4,6H,5H2,(H,19,20)(H,15,16,18). The van der Waals surface area contributed by atoms with Gasteiger partial charge in [0.2, 0.25) is 5.95 Å². The molecule has 1 aliphatic rings. The van der Waals surface area contributed by atoms with Gasteiger partial charge in [0.25, 0.3) is 5.56 Å². The van der Waals surface area contributed by atoms with Crippen LogP contribution >= 0.6 is 15.9 Å². The second kappa shape index (κ2) is 4.71. The third-order valence-electron chi connectivity index (χ3n) is 2.97. The number of aliphatic carboxylic acids is 1. The molecule has 0 radical (unpaired) electrons. The number of benzene rings is 1. The second-order valence-electron chi connectivity index (χ2n) is 4.34. The van der Waals surface area contributed by atoms with Crippen molar-refractivity contribution in [2.24, 2.45) is 11.0 Å². The molecule has 8 heteroatoms. The maximum absolute atomic E-state index is 12.0. The lowest BCUT2D eigenvalue weighted by Gasteiger charge is -2.13. The Balaban J connectivity index is 2.02. The van der Waals surface area contributed by atoms with Crippen molar-refractivity contribution in [3.05, 3.63) is 33.0 Å². The Bertz CT molecular complexity index is 786. The lowest BCUT2D eigenvalue weighted by Crippen LogP contribution is -2.26. The molecular formula is C12H9BrN4O3. The number of rotatable bonds is 2. The summed E-state index contributed by atoms with van der Waals surface area (Å²) in [5.41, 5.74) is 0.237. The van der Waals surface area contributed by atoms with Crippen molar-refractivity contribution in [1.82, 2.24) is 9.97 Å². The molecule has 0 amide bonds. The number of carboxylic acids is 1. The van der Waals surface area contributed by atoms with Gasteiger partial charge in [0, 0.05) is 10.7 Å². The Kier molecular flexibility index (Phi) is 3.01. The summed E-state index contributed by atoms with van der Waals surface area (Å²) < 4.78 is 0.787. The van der Waals surface area contributed by atoms with Crippen molar-refractivity contribution < 1.29 is 9.90 Å². The molecule has 1 atom stereocenters. The van der Waals surface area contributed by atoms with Gasteiger partial charge in [-0.2, -0.15) is 5.10 Å². The normalized spacial score (nSPS) is 17.9. The summed E-state index contributed by atoms with van der Waals surface area (Å²) in [6.45, 7) is 0.153. The monoisotopic (exact) mass is 336 g/mol. The van der Waals surface area contributed by atoms with E-state index in [1.54, 1.807) is 18.2 Å². The zero-order valence-electron chi connectivity index (χ0n) is 10.1. The molecule has 0 aliphatic carbocycles. The molecule has 0 saturated carbocycles. The molecule has 1 unspecified atom stereocenters. The van der Waals surface area contributed by atoms with Crippen LogP contribution < -0.4 is 10.6 Å². The lowest BCUT2D eigenvalue weighted by molar-refractivity contribution is -0.138. The van der Waals surface area contributed by atoms with Gasteiger partial charge < -0.3 is 5.11 Å². The van der Waals surface area contributed by atoms with E-state index in [0.717, 1.165) is 4.47 Å². The van der Waals surface area contributed by atoms with Crippen LogP contribution in [0.3, 0.4) is 0 Å². The van der Waals surface area contributed by atoms with Crippen molar-refractivity contribution >= 4 is 45.0 Å². The average molecular weight is 337 g/mol. The zero-order valence-corrected chi connectivity index (χ0v) is 11.7. The molecule has 2 aromatic rings. The first-order valence-corrected chi connectivity index (χ1v) is 6.58. The average Bonchev–Trinajstić information content (AvgIpc) is 2.89. The maximum Gasteiger partial charge on any atom is 0.313 e. The highest BCUT2D eigenvalue weighted by Gasteiger charge is 2.26. The number of carboxylic acid groups (broad SMARTS) is 1. The molecule has 1 aliphatic heterocycles. The van der Waals surface area contributed by atoms with Crippen LogP contribution in [0, 0.1) is 5.92 Å². The van der Waals surface area contributed by atoms with Gasteiger partial charge in [0.1, 0.15) is 5.92 Å². The summed E-state index contributed by atoms with van der Waals surface area (Å²) in [5, 5.41) is 14.7. The van der Waals surface area contributed by atoms with E-state index in [2.05, 4.69) is 31.0 Å². The number of hydrogen-bond acceptors (Lipinski definition) is 5. The molecule has 2 N–H and O–H groups in total. The quantitative estimate of drug-likeness (QED) is 0.858. The predicted molar refractivity (Wildman–Crippen MR) is 77.0 cm³/mol. The van der Waals surface area contributed by atoms with Gasteiger partial charge in [-0.25, -0.2) is 9.99 Å². The Morgan fingerprint density at radius 3 is 3.00 bits per heavy atom. The van der Waals surface area contributed by atoms with Crippen LogP contribution in [0.4, 0.5) is 5.95 Å². The minimum Gasteiger partial charge on any atom is -0.481 e. The highest BCUT2D eigenvalue weighted by atomic mass is 79.9. The maximum atomic E-state index is 12.0. The van der Waals surface area contributed by atoms with Crippen LogP contribution in [0.2, 0.25) is 0 Å². The van der Waals surface area contributed by atoms with Crippen LogP contribution in [-0.4, -0.2) is 33.8 Å². The molecule has 1 aromatic carbocycles. The van der Waals surface area contributed by atoms with E-state index in [9.17, 15) is 9.59 Å². The minimum absolute atomic E-state index is 0.153. The number of aromatic nitrogens is 2. The Hall–Kier alpha value is -2.22. The number of hydrazone groups is 1. The highest BCUT2D eigenvalue weighted by molar-refractivity contribution is 9.10. The van der Waals surface area contributed by atoms with Gasteiger partial charge in [-0.05, 0) is 18.2 Å². The predicted octanol–water partition coefficient (Wildman–Crippen LogP) is 1.19. The summed E-state index contributed by atoms with van der Waals surface area (Å²) in [6.07, 6.45) is 1.33. The van der Waals surface area contributed by atoms with Crippen LogP contribution in [-0.2, 0) is 4.79 Å². The Morgan fingerprint density at radius 1 is 1.50 bits per heavy atom. The molecule has 2 heterocycles. The number of fused-ring (bicyclic) bond motifs is 1. The Labute approximate surface area is 121 Å². The first kappa shape index (κ1) is 12.8. The fourth-order valence-corrected chi connectivity index (χ4v) is 2.31. The molecule has 0 spiro atoms. The lowest BCUT2D eigenvalue weighted by atomic mass is 10.2. The van der Waals surface area contributed by atoms with Crippen molar-refractivity contribution in [3.8, 4) is 0 Å². The topological polar surface area (TPSA) is 98.6 Å². The fourth-order valence-electron chi connectivity index (χ4n) is 1.95. The molecule has 102 valence electrons. The second-order valence-corrected chi connectivity index (χ2v) is 5.26. The number of H-pyrrole nitrogens is 1. The summed E-state index contributed by atoms with van der Waals surface area (Å²) in [7, 11) is 0. The number of halogens is 1. The first-order chi connectivity index (χ1) is 9.54. The van der Waals surface area contributed by atoms with E-state index in [0.29, 0.717) is 10.9 Å². The smallest absolute Gasteiger partial charge is 0.313 e. The number of nitrogens with zero attached hydrogens (tertiary/aromatic N) is 3. The van der Waals surface area contributed by atoms with E-state index >= 15 is 0 Å². The summed E-state index contributed by atoms with van der Waals surface area (Å²) in [4.78, 5) is 29.8. The van der Waals surface area contributed by atoms with Gasteiger partial charge in [0.05, 0.1) is 17.4 Å². The molecule has 1 aromatic heterocycles. The van der Waals surface area contributed by atoms with Crippen LogP contribution in [0.5, 0.6) is 0 Å². The minimum atomic E-state index is -0.955. The van der Waals surface area contributed by atoms with Gasteiger partial charge in [-0.1, -0.05) is 15.9 Å². The number of nitrogens with one attached hydrogen (secondary N) is 1. The zero-order chi connectivity index (χ0) is 14.3. The van der Waals surface area contributed by atoms with Gasteiger partial charge in [0.15, 0.2) is 0 Å². The summed E-state index contributed by atoms with van der Waals surface area (Å²) >= 11 is 3.30. The number of hydrogen-bond donors (Lipinski definition) is 2. The molecular weight excluding hydrogens is 328 g/mol. The number of anilines is 1. The third-order valence-corrected chi connectivity index (χ3v) is 3.47. The number of aromatic amines is 1. The van der Waals surface area contributed by atoms with Crippen molar-refractivity contribution in [2.75, 3.05) is 11.6 Å². The van der Waals surface area contributed by atoms with Crippen LogP contribution in [0.25, 0.3) is 10.9 Å². The highest BCUT2D eigenvalue weighted by Crippen LogP contribution is 2.19. The van der Waals surface area contributed by atoms with Gasteiger partial charge >= 0.3 is 5.97 Å². The molecule has 0 saturated heterocycles. The van der Waals surface area contributed by atoms with E-state index < -0.39 is 11.9 Å². The van der Waals surface area contributed by atoms with E-state index in [1.165, 1.54) is 11.2 Å². The Morgan fingerprint density at radius 2 is 2.30 bits per heavy atom. The van der Waals surface area contributed by atoms with E-state index in [-0.39, 0.29) is 18.1 Å². The fraction of sp³-hybridized carbons (Fsp3) is 0.167. The molecule has 7 nitrogen and oxygen atoms in total. The number of carbonyl (C=O) groups is 1. The summed E-state index contributed by atoms with van der Waals surface area (Å²) in [6, 6.07) is 5.18.